The summed E-state index contributed by atoms with van der Waals surface area (Å²) < 4.78 is 0. The molecule has 0 saturated carbocycles. The van der Waals surface area contributed by atoms with Gasteiger partial charge in [0.25, 0.3) is 0 Å². The summed E-state index contributed by atoms with van der Waals surface area (Å²) in [6.07, 6.45) is 18.7. The van der Waals surface area contributed by atoms with Gasteiger partial charge < -0.3 is 9.80 Å². The molecule has 4 atom stereocenters. The summed E-state index contributed by atoms with van der Waals surface area (Å²) in [4.78, 5) is 5.09. The Kier molecular flexibility index (Phi) is 7.61. The molecule has 0 aromatic heterocycles. The number of fused-ring (bicyclic) bond motifs is 6. The van der Waals surface area contributed by atoms with Crippen LogP contribution in [-0.2, 0) is 10.8 Å². The van der Waals surface area contributed by atoms with Crippen molar-refractivity contribution in [1.29, 1.82) is 0 Å². The van der Waals surface area contributed by atoms with Crippen LogP contribution in [-0.4, -0.2) is 0 Å². The highest BCUT2D eigenvalue weighted by Crippen LogP contribution is 2.59. The van der Waals surface area contributed by atoms with Gasteiger partial charge in [0.05, 0.1) is 22.7 Å². The zero-order valence-corrected chi connectivity index (χ0v) is 34.7. The minimum atomic E-state index is 0.0167. The Hall–Kier alpha value is -6.64. The molecule has 0 saturated heterocycles. The zero-order valence-electron chi connectivity index (χ0n) is 34.7. The molecule has 0 bridgehead atoms. The van der Waals surface area contributed by atoms with Gasteiger partial charge in [-0.15, -0.1) is 0 Å². The summed E-state index contributed by atoms with van der Waals surface area (Å²) in [6, 6.07) is 54.9. The average Bonchev–Trinajstić information content (AvgIpc) is 3.67. The predicted molar refractivity (Wildman–Crippen MR) is 255 cm³/mol. The molecule has 4 unspecified atom stereocenters. The minimum Gasteiger partial charge on any atom is -0.310 e. The minimum absolute atomic E-state index is 0.0167. The Balaban J connectivity index is 1.11. The summed E-state index contributed by atoms with van der Waals surface area (Å²) in [5.74, 6) is 1.46. The number of benzene rings is 8. The maximum Gasteiger partial charge on any atom is 0.0540 e. The smallest absolute Gasteiger partial charge is 0.0540 e. The Morgan fingerprint density at radius 2 is 0.767 bits per heavy atom. The SMILES string of the molecule is CC1(C)c2cccc(N(c3ccccc3)c3ccc4ccc5c(N(c6ccccc6)c6cccc7c6C6C=CC=CC6C7(C)C)ccc6ccc3c4c65)c2C2C=CC=CC21. The first-order valence-electron chi connectivity index (χ1n) is 21.7. The van der Waals surface area contributed by atoms with E-state index in [2.05, 4.69) is 232 Å². The Labute approximate surface area is 353 Å². The van der Waals surface area contributed by atoms with E-state index in [1.807, 2.05) is 0 Å². The van der Waals surface area contributed by atoms with Crippen molar-refractivity contribution in [2.45, 2.75) is 50.4 Å². The lowest BCUT2D eigenvalue weighted by Gasteiger charge is -2.32. The van der Waals surface area contributed by atoms with Crippen LogP contribution in [0.5, 0.6) is 0 Å². The maximum absolute atomic E-state index is 2.55. The molecule has 2 nitrogen and oxygen atoms in total. The average molecular weight is 773 g/mol. The molecule has 0 fully saturated rings. The number of para-hydroxylation sites is 2. The van der Waals surface area contributed by atoms with Gasteiger partial charge in [-0.05, 0) is 115 Å². The molecule has 4 aliphatic rings. The van der Waals surface area contributed by atoms with E-state index in [0.717, 1.165) is 0 Å². The van der Waals surface area contributed by atoms with Crippen LogP contribution in [0.3, 0.4) is 0 Å². The van der Waals surface area contributed by atoms with Crippen molar-refractivity contribution < 1.29 is 0 Å². The van der Waals surface area contributed by atoms with E-state index in [9.17, 15) is 0 Å². The second-order valence-electron chi connectivity index (χ2n) is 18.5. The van der Waals surface area contributed by atoms with E-state index in [4.69, 9.17) is 0 Å². The molecule has 8 aromatic carbocycles. The number of hydrogen-bond donors (Lipinski definition) is 0. The molecule has 0 N–H and O–H groups in total. The van der Waals surface area contributed by atoms with Crippen molar-refractivity contribution in [2.75, 3.05) is 9.80 Å². The summed E-state index contributed by atoms with van der Waals surface area (Å²) in [6.45, 7) is 9.70. The molecule has 2 heteroatoms. The van der Waals surface area contributed by atoms with Crippen molar-refractivity contribution in [3.8, 4) is 0 Å². The van der Waals surface area contributed by atoms with Gasteiger partial charge in [0.2, 0.25) is 0 Å². The second kappa shape index (κ2) is 12.9. The third kappa shape index (κ3) is 4.88. The summed E-state index contributed by atoms with van der Waals surface area (Å²) in [5, 5.41) is 7.65. The highest BCUT2D eigenvalue weighted by molar-refractivity contribution is 6.28. The van der Waals surface area contributed by atoms with Crippen molar-refractivity contribution >= 4 is 66.4 Å². The summed E-state index contributed by atoms with van der Waals surface area (Å²) in [7, 11) is 0. The van der Waals surface area contributed by atoms with Crippen LogP contribution in [0.15, 0.2) is 194 Å². The third-order valence-electron chi connectivity index (χ3n) is 14.8. The molecule has 60 heavy (non-hydrogen) atoms. The lowest BCUT2D eigenvalue weighted by molar-refractivity contribution is 0.394. The van der Waals surface area contributed by atoms with E-state index in [-0.39, 0.29) is 10.8 Å². The van der Waals surface area contributed by atoms with Crippen molar-refractivity contribution in [2.24, 2.45) is 11.8 Å². The molecule has 0 amide bonds. The van der Waals surface area contributed by atoms with E-state index >= 15 is 0 Å². The van der Waals surface area contributed by atoms with Crippen LogP contribution < -0.4 is 9.80 Å². The predicted octanol–water partition coefficient (Wildman–Crippen LogP) is 15.8. The first kappa shape index (κ1) is 35.3. The summed E-state index contributed by atoms with van der Waals surface area (Å²) in [5.41, 5.74) is 13.0. The van der Waals surface area contributed by atoms with Crippen LogP contribution in [0.4, 0.5) is 34.1 Å². The molecule has 8 aromatic rings. The fourth-order valence-electron chi connectivity index (χ4n) is 12.0. The molecule has 0 aliphatic heterocycles. The standard InChI is InChI=1S/C58H48N2/c1-57(2)45-23-13-11-21-41(45)55-47(57)25-15-27-51(55)59(39-17-7-5-8-18-39)49-35-31-37-30-34-44-50(36-32-38-29-33-43(49)53(37)54(38)44)60(40-19-9-6-10-20-40)52-28-16-26-48-56(52)42-22-12-14-24-46(42)58(48,3)4/h5-36,41-42,45-46H,1-4H3. The largest absolute Gasteiger partial charge is 0.310 e. The highest BCUT2D eigenvalue weighted by Gasteiger charge is 2.47. The molecule has 12 rings (SSSR count). The van der Waals surface area contributed by atoms with Crippen LogP contribution in [0, 0.1) is 11.8 Å². The fraction of sp³-hybridized carbons (Fsp3) is 0.172. The first-order valence-corrected chi connectivity index (χ1v) is 21.7. The third-order valence-corrected chi connectivity index (χ3v) is 14.8. The number of hydrogen-bond acceptors (Lipinski definition) is 2. The molecular formula is C58H48N2. The first-order chi connectivity index (χ1) is 29.3. The Morgan fingerprint density at radius 1 is 0.367 bits per heavy atom. The Bertz CT molecular complexity index is 2910. The fourth-order valence-corrected chi connectivity index (χ4v) is 12.0. The lowest BCUT2D eigenvalue weighted by atomic mass is 9.74. The van der Waals surface area contributed by atoms with Gasteiger partial charge in [-0.1, -0.05) is 173 Å². The number of nitrogens with zero attached hydrogens (tertiary/aromatic N) is 2. The van der Waals surface area contributed by atoms with Gasteiger partial charge in [-0.25, -0.2) is 0 Å². The molecule has 4 aliphatic carbocycles. The lowest BCUT2D eigenvalue weighted by Crippen LogP contribution is -2.24. The molecule has 0 heterocycles. The van der Waals surface area contributed by atoms with Crippen LogP contribution in [0.2, 0.25) is 0 Å². The zero-order chi connectivity index (χ0) is 40.3. The van der Waals surface area contributed by atoms with Gasteiger partial charge in [0.15, 0.2) is 0 Å². The molecule has 0 spiro atoms. The van der Waals surface area contributed by atoms with Gasteiger partial charge in [-0.2, -0.15) is 0 Å². The number of anilines is 6. The number of rotatable bonds is 6. The quantitative estimate of drug-likeness (QED) is 0.155. The monoisotopic (exact) mass is 772 g/mol. The Morgan fingerprint density at radius 3 is 1.20 bits per heavy atom. The molecule has 290 valence electrons. The highest BCUT2D eigenvalue weighted by atomic mass is 15.2. The molecule has 0 radical (unpaired) electrons. The van der Waals surface area contributed by atoms with Gasteiger partial charge >= 0.3 is 0 Å². The van der Waals surface area contributed by atoms with Crippen LogP contribution >= 0.6 is 0 Å². The van der Waals surface area contributed by atoms with E-state index in [0.29, 0.717) is 23.7 Å². The van der Waals surface area contributed by atoms with E-state index in [1.54, 1.807) is 0 Å². The van der Waals surface area contributed by atoms with Crippen molar-refractivity contribution in [3.63, 3.8) is 0 Å². The van der Waals surface area contributed by atoms with Crippen molar-refractivity contribution in [3.05, 3.63) is 216 Å². The normalized spacial score (nSPS) is 21.3. The van der Waals surface area contributed by atoms with Gasteiger partial charge in [0.1, 0.15) is 0 Å². The van der Waals surface area contributed by atoms with E-state index < -0.39 is 0 Å². The van der Waals surface area contributed by atoms with E-state index in [1.165, 1.54) is 88.7 Å². The molecular weight excluding hydrogens is 725 g/mol. The van der Waals surface area contributed by atoms with Crippen LogP contribution in [0.1, 0.15) is 61.8 Å². The maximum atomic E-state index is 2.55. The van der Waals surface area contributed by atoms with Gasteiger partial charge in [-0.3, -0.25) is 0 Å². The van der Waals surface area contributed by atoms with Crippen molar-refractivity contribution in [1.82, 2.24) is 0 Å². The topological polar surface area (TPSA) is 6.48 Å². The summed E-state index contributed by atoms with van der Waals surface area (Å²) >= 11 is 0. The van der Waals surface area contributed by atoms with Gasteiger partial charge in [0, 0.05) is 34.0 Å². The number of allylic oxidation sites excluding steroid dienone is 8. The second-order valence-corrected chi connectivity index (χ2v) is 18.5. The van der Waals surface area contributed by atoms with Crippen LogP contribution in [0.25, 0.3) is 32.3 Å².